The summed E-state index contributed by atoms with van der Waals surface area (Å²) in [6.45, 7) is 4.83. The van der Waals surface area contributed by atoms with Gasteiger partial charge in [-0.2, -0.15) is 0 Å². The maximum Gasteiger partial charge on any atom is 0.255 e. The van der Waals surface area contributed by atoms with Gasteiger partial charge in [0.1, 0.15) is 5.75 Å². The number of carbonyl (C=O) groups excluding carboxylic acids is 2. The van der Waals surface area contributed by atoms with Gasteiger partial charge in [0.2, 0.25) is 0 Å². The highest BCUT2D eigenvalue weighted by Gasteiger charge is 2.13. The Morgan fingerprint density at radius 3 is 2.26 bits per heavy atom. The van der Waals surface area contributed by atoms with Gasteiger partial charge in [-0.3, -0.25) is 9.59 Å². The zero-order valence-electron chi connectivity index (χ0n) is 20.1. The van der Waals surface area contributed by atoms with E-state index < -0.39 is 0 Å². The molecule has 5 nitrogen and oxygen atoms in total. The SMILES string of the molecule is CCCCCCCOc1ccc(C(=O)Nc2cccc(C(=O)NC(C)c3ccccc3)c2)cc1. The van der Waals surface area contributed by atoms with E-state index in [0.29, 0.717) is 23.4 Å². The van der Waals surface area contributed by atoms with Gasteiger partial charge >= 0.3 is 0 Å². The van der Waals surface area contributed by atoms with Crippen LogP contribution in [0.2, 0.25) is 0 Å². The summed E-state index contributed by atoms with van der Waals surface area (Å²) in [7, 11) is 0. The quantitative estimate of drug-likeness (QED) is 0.294. The number of anilines is 1. The van der Waals surface area contributed by atoms with Crippen LogP contribution in [0.3, 0.4) is 0 Å². The Bertz CT molecular complexity index is 1050. The Balaban J connectivity index is 1.52. The number of ether oxygens (including phenoxy) is 1. The van der Waals surface area contributed by atoms with Gasteiger partial charge in [0.25, 0.3) is 11.8 Å². The molecule has 0 aromatic heterocycles. The third-order valence-electron chi connectivity index (χ3n) is 5.66. The van der Waals surface area contributed by atoms with Gasteiger partial charge in [0, 0.05) is 16.8 Å². The average Bonchev–Trinajstić information content (AvgIpc) is 2.87. The summed E-state index contributed by atoms with van der Waals surface area (Å²) in [6.07, 6.45) is 5.96. The van der Waals surface area contributed by atoms with Gasteiger partial charge in [-0.25, -0.2) is 0 Å². The molecule has 0 radical (unpaired) electrons. The monoisotopic (exact) mass is 458 g/mol. The topological polar surface area (TPSA) is 67.4 Å². The molecule has 0 aliphatic carbocycles. The van der Waals surface area contributed by atoms with Crippen LogP contribution < -0.4 is 15.4 Å². The van der Waals surface area contributed by atoms with E-state index in [-0.39, 0.29) is 17.9 Å². The van der Waals surface area contributed by atoms with Crippen molar-refractivity contribution in [1.82, 2.24) is 5.32 Å². The van der Waals surface area contributed by atoms with Crippen molar-refractivity contribution in [2.24, 2.45) is 0 Å². The lowest BCUT2D eigenvalue weighted by atomic mass is 10.1. The number of rotatable bonds is 12. The highest BCUT2D eigenvalue weighted by Crippen LogP contribution is 2.17. The van der Waals surface area contributed by atoms with Gasteiger partial charge in [0.15, 0.2) is 0 Å². The van der Waals surface area contributed by atoms with Crippen molar-refractivity contribution in [3.63, 3.8) is 0 Å². The van der Waals surface area contributed by atoms with Crippen LogP contribution in [0.5, 0.6) is 5.75 Å². The fourth-order valence-corrected chi connectivity index (χ4v) is 3.64. The summed E-state index contributed by atoms with van der Waals surface area (Å²) in [6, 6.07) is 23.7. The minimum Gasteiger partial charge on any atom is -0.494 e. The van der Waals surface area contributed by atoms with Crippen molar-refractivity contribution in [2.75, 3.05) is 11.9 Å². The molecule has 0 aliphatic heterocycles. The molecule has 0 saturated heterocycles. The summed E-state index contributed by atoms with van der Waals surface area (Å²) in [4.78, 5) is 25.4. The second kappa shape index (κ2) is 13.2. The molecule has 0 spiro atoms. The van der Waals surface area contributed by atoms with Gasteiger partial charge in [0.05, 0.1) is 12.6 Å². The molecule has 0 saturated carbocycles. The molecule has 0 bridgehead atoms. The van der Waals surface area contributed by atoms with Crippen molar-refractivity contribution in [1.29, 1.82) is 0 Å². The van der Waals surface area contributed by atoms with Crippen molar-refractivity contribution >= 4 is 17.5 Å². The Hall–Kier alpha value is -3.60. The molecular weight excluding hydrogens is 424 g/mol. The third-order valence-corrected chi connectivity index (χ3v) is 5.66. The maximum atomic E-state index is 12.7. The molecule has 2 N–H and O–H groups in total. The molecule has 0 fully saturated rings. The zero-order valence-corrected chi connectivity index (χ0v) is 20.1. The predicted molar refractivity (Wildman–Crippen MR) is 137 cm³/mol. The average molecular weight is 459 g/mol. The Kier molecular flexibility index (Phi) is 9.71. The van der Waals surface area contributed by atoms with Gasteiger partial charge in [-0.05, 0) is 61.4 Å². The van der Waals surface area contributed by atoms with Gasteiger partial charge in [-0.15, -0.1) is 0 Å². The molecule has 1 atom stereocenters. The Morgan fingerprint density at radius 2 is 1.53 bits per heavy atom. The summed E-state index contributed by atoms with van der Waals surface area (Å²) < 4.78 is 5.77. The number of hydrogen-bond acceptors (Lipinski definition) is 3. The van der Waals surface area contributed by atoms with E-state index in [0.717, 1.165) is 17.7 Å². The zero-order chi connectivity index (χ0) is 24.2. The largest absolute Gasteiger partial charge is 0.494 e. The standard InChI is InChI=1S/C29H34N2O3/c1-3-4-5-6-10-20-34-27-18-16-24(17-19-27)28(32)31-26-15-11-14-25(21-26)29(33)30-22(2)23-12-8-7-9-13-23/h7-9,11-19,21-22H,3-6,10,20H2,1-2H3,(H,30,33)(H,31,32). The van der Waals surface area contributed by atoms with Crippen LogP contribution >= 0.6 is 0 Å². The predicted octanol–water partition coefficient (Wildman–Crippen LogP) is 6.78. The van der Waals surface area contributed by atoms with Crippen molar-refractivity contribution in [3.8, 4) is 5.75 Å². The minimum atomic E-state index is -0.235. The molecule has 0 aliphatic rings. The first kappa shape index (κ1) is 25.0. The fourth-order valence-electron chi connectivity index (χ4n) is 3.64. The van der Waals surface area contributed by atoms with E-state index in [9.17, 15) is 9.59 Å². The van der Waals surface area contributed by atoms with Crippen LogP contribution in [-0.2, 0) is 0 Å². The number of amides is 2. The molecule has 3 aromatic carbocycles. The lowest BCUT2D eigenvalue weighted by Gasteiger charge is -2.15. The summed E-state index contributed by atoms with van der Waals surface area (Å²) >= 11 is 0. The third kappa shape index (κ3) is 7.77. The number of hydrogen-bond donors (Lipinski definition) is 2. The first-order valence-electron chi connectivity index (χ1n) is 12.1. The molecule has 34 heavy (non-hydrogen) atoms. The first-order valence-corrected chi connectivity index (χ1v) is 12.1. The Labute approximate surface area is 202 Å². The molecule has 1 unspecified atom stereocenters. The first-order chi connectivity index (χ1) is 16.6. The summed E-state index contributed by atoms with van der Waals surface area (Å²) in [5.41, 5.74) is 2.62. The molecule has 3 rings (SSSR count). The van der Waals surface area contributed by atoms with Crippen LogP contribution in [0.25, 0.3) is 0 Å². The Morgan fingerprint density at radius 1 is 0.794 bits per heavy atom. The maximum absolute atomic E-state index is 12.7. The van der Waals surface area contributed by atoms with Crippen LogP contribution in [-0.4, -0.2) is 18.4 Å². The lowest BCUT2D eigenvalue weighted by Crippen LogP contribution is -2.26. The van der Waals surface area contributed by atoms with Crippen LogP contribution in [0.4, 0.5) is 5.69 Å². The normalized spacial score (nSPS) is 11.5. The second-order valence-electron chi connectivity index (χ2n) is 8.43. The number of nitrogens with one attached hydrogen (secondary N) is 2. The van der Waals surface area contributed by atoms with Gasteiger partial charge in [-0.1, -0.05) is 69.0 Å². The van der Waals surface area contributed by atoms with E-state index in [4.69, 9.17) is 4.74 Å². The molecule has 3 aromatic rings. The summed E-state index contributed by atoms with van der Waals surface area (Å²) in [5, 5.41) is 5.87. The van der Waals surface area contributed by atoms with E-state index in [1.165, 1.54) is 25.7 Å². The van der Waals surface area contributed by atoms with Crippen LogP contribution in [0.1, 0.15) is 78.3 Å². The number of benzene rings is 3. The molecule has 178 valence electrons. The highest BCUT2D eigenvalue weighted by molar-refractivity contribution is 6.05. The number of unbranched alkanes of at least 4 members (excludes halogenated alkanes) is 4. The smallest absolute Gasteiger partial charge is 0.255 e. The molecule has 2 amide bonds. The molecular formula is C29H34N2O3. The van der Waals surface area contributed by atoms with E-state index in [1.54, 1.807) is 36.4 Å². The van der Waals surface area contributed by atoms with E-state index >= 15 is 0 Å². The van der Waals surface area contributed by atoms with Gasteiger partial charge < -0.3 is 15.4 Å². The molecule has 0 heterocycles. The van der Waals surface area contributed by atoms with Crippen molar-refractivity contribution in [2.45, 2.75) is 52.0 Å². The van der Waals surface area contributed by atoms with E-state index in [1.807, 2.05) is 49.4 Å². The fraction of sp³-hybridized carbons (Fsp3) is 0.310. The highest BCUT2D eigenvalue weighted by atomic mass is 16.5. The minimum absolute atomic E-state index is 0.121. The second-order valence-corrected chi connectivity index (χ2v) is 8.43. The van der Waals surface area contributed by atoms with Crippen LogP contribution in [0, 0.1) is 0 Å². The lowest BCUT2D eigenvalue weighted by molar-refractivity contribution is 0.0938. The van der Waals surface area contributed by atoms with Crippen molar-refractivity contribution in [3.05, 3.63) is 95.6 Å². The number of carbonyl (C=O) groups is 2. The van der Waals surface area contributed by atoms with Crippen molar-refractivity contribution < 1.29 is 14.3 Å². The summed E-state index contributed by atoms with van der Waals surface area (Å²) in [5.74, 6) is 0.336. The van der Waals surface area contributed by atoms with E-state index in [2.05, 4.69) is 17.6 Å². The molecule has 5 heteroatoms. The van der Waals surface area contributed by atoms with Crippen LogP contribution in [0.15, 0.2) is 78.9 Å².